The van der Waals surface area contributed by atoms with E-state index in [0.29, 0.717) is 44.0 Å². The van der Waals surface area contributed by atoms with Crippen LogP contribution >= 0.6 is 0 Å². The summed E-state index contributed by atoms with van der Waals surface area (Å²) in [6.07, 6.45) is 6.58. The minimum Gasteiger partial charge on any atom is -0.370 e. The van der Waals surface area contributed by atoms with Crippen molar-refractivity contribution in [2.24, 2.45) is 11.5 Å². The van der Waals surface area contributed by atoms with Gasteiger partial charge < -0.3 is 32.3 Å². The van der Waals surface area contributed by atoms with E-state index >= 15 is 0 Å². The third-order valence-corrected chi connectivity index (χ3v) is 5.33. The summed E-state index contributed by atoms with van der Waals surface area (Å²) in [5.74, 6) is -0.118. The van der Waals surface area contributed by atoms with Crippen molar-refractivity contribution >= 4 is 40.8 Å². The lowest BCUT2D eigenvalue weighted by Gasteiger charge is -2.26. The van der Waals surface area contributed by atoms with E-state index in [1.807, 2.05) is 18.2 Å². The molecule has 0 saturated heterocycles. The zero-order valence-corrected chi connectivity index (χ0v) is 19.3. The number of nitrogens with zero attached hydrogens (tertiary/aromatic N) is 3. The Morgan fingerprint density at radius 3 is 2.29 bits per heavy atom. The summed E-state index contributed by atoms with van der Waals surface area (Å²) in [6.45, 7) is 1.64. The second-order valence-electron chi connectivity index (χ2n) is 8.01. The molecule has 0 unspecified atom stereocenters. The van der Waals surface area contributed by atoms with Gasteiger partial charge in [-0.3, -0.25) is 25.4 Å². The summed E-state index contributed by atoms with van der Waals surface area (Å²) in [5, 5.41) is 22.8. The number of anilines is 2. The Balaban J connectivity index is 1.37. The van der Waals surface area contributed by atoms with Crippen molar-refractivity contribution in [2.45, 2.75) is 32.2 Å². The Labute approximate surface area is 203 Å². The Kier molecular flexibility index (Phi) is 8.70. The van der Waals surface area contributed by atoms with Crippen LogP contribution in [0.25, 0.3) is 5.57 Å². The summed E-state index contributed by atoms with van der Waals surface area (Å²) in [5.41, 5.74) is 14.1. The number of benzene rings is 1. The number of nitrogens with one attached hydrogen (secondary N) is 5. The van der Waals surface area contributed by atoms with Crippen LogP contribution in [-0.4, -0.2) is 51.7 Å². The van der Waals surface area contributed by atoms with Crippen LogP contribution in [0.15, 0.2) is 42.7 Å². The maximum atomic E-state index is 12.2. The van der Waals surface area contributed by atoms with Crippen molar-refractivity contribution in [3.05, 3.63) is 54.0 Å². The molecule has 1 aliphatic heterocycles. The molecule has 2 heterocycles. The number of hydrogen-bond donors (Lipinski definition) is 7. The average Bonchev–Trinajstić information content (AvgIpc) is 2.84. The smallest absolute Gasteiger partial charge is 0.225 e. The fourth-order valence-corrected chi connectivity index (χ4v) is 3.42. The highest BCUT2D eigenvalue weighted by Crippen LogP contribution is 2.20. The molecule has 12 nitrogen and oxygen atoms in total. The first-order valence-corrected chi connectivity index (χ1v) is 11.2. The predicted molar refractivity (Wildman–Crippen MR) is 134 cm³/mol. The highest BCUT2D eigenvalue weighted by Gasteiger charge is 2.15. The summed E-state index contributed by atoms with van der Waals surface area (Å²) in [4.78, 5) is 34.7. The molecule has 1 aliphatic rings. The van der Waals surface area contributed by atoms with E-state index in [-0.39, 0.29) is 36.6 Å². The van der Waals surface area contributed by atoms with Crippen LogP contribution < -0.4 is 27.4 Å². The van der Waals surface area contributed by atoms with Gasteiger partial charge in [-0.25, -0.2) is 4.98 Å². The lowest BCUT2D eigenvalue weighted by atomic mass is 10.1. The van der Waals surface area contributed by atoms with Crippen molar-refractivity contribution in [1.29, 1.82) is 10.8 Å². The van der Waals surface area contributed by atoms with E-state index in [1.54, 1.807) is 23.2 Å². The van der Waals surface area contributed by atoms with E-state index < -0.39 is 0 Å². The molecule has 0 atom stereocenters. The van der Waals surface area contributed by atoms with Gasteiger partial charge in [-0.2, -0.15) is 0 Å². The molecule has 12 heteroatoms. The highest BCUT2D eigenvalue weighted by molar-refractivity contribution is 5.92. The number of hydrogen-bond acceptors (Lipinski definition) is 6. The quantitative estimate of drug-likeness (QED) is 0.206. The van der Waals surface area contributed by atoms with Gasteiger partial charge in [0.25, 0.3) is 0 Å². The zero-order chi connectivity index (χ0) is 25.2. The van der Waals surface area contributed by atoms with Gasteiger partial charge in [0.05, 0.1) is 18.1 Å². The number of guanidine groups is 2. The average molecular weight is 479 g/mol. The van der Waals surface area contributed by atoms with Crippen LogP contribution in [0, 0.1) is 10.8 Å². The lowest BCUT2D eigenvalue weighted by Crippen LogP contribution is -2.39. The van der Waals surface area contributed by atoms with Crippen LogP contribution in [0.1, 0.15) is 36.9 Å². The van der Waals surface area contributed by atoms with Crippen LogP contribution in [-0.2, 0) is 16.1 Å². The SMILES string of the molecule is N=C(N)NCc1ccc(NC(=O)CCCC(=O)Nc2cnc(C3=CCN(C(=N)N)CC3)cn2)cc1. The highest BCUT2D eigenvalue weighted by atomic mass is 16.2. The second kappa shape index (κ2) is 12.1. The number of rotatable bonds is 9. The zero-order valence-electron chi connectivity index (χ0n) is 19.3. The molecule has 0 spiro atoms. The van der Waals surface area contributed by atoms with Gasteiger partial charge in [0.2, 0.25) is 11.8 Å². The third kappa shape index (κ3) is 8.11. The van der Waals surface area contributed by atoms with E-state index in [4.69, 9.17) is 22.3 Å². The molecule has 184 valence electrons. The summed E-state index contributed by atoms with van der Waals surface area (Å²) < 4.78 is 0. The monoisotopic (exact) mass is 478 g/mol. The molecule has 9 N–H and O–H groups in total. The number of nitrogens with two attached hydrogens (primary N) is 2. The van der Waals surface area contributed by atoms with E-state index in [0.717, 1.165) is 16.8 Å². The lowest BCUT2D eigenvalue weighted by molar-refractivity contribution is -0.117. The molecule has 0 saturated carbocycles. The Morgan fingerprint density at radius 1 is 1.00 bits per heavy atom. The van der Waals surface area contributed by atoms with Crippen molar-refractivity contribution in [1.82, 2.24) is 20.2 Å². The first-order chi connectivity index (χ1) is 16.8. The Bertz CT molecular complexity index is 1100. The predicted octanol–water partition coefficient (Wildman–Crippen LogP) is 1.19. The van der Waals surface area contributed by atoms with Crippen LogP contribution in [0.2, 0.25) is 0 Å². The van der Waals surface area contributed by atoms with E-state index in [9.17, 15) is 9.59 Å². The Hall–Kier alpha value is -4.48. The fourth-order valence-electron chi connectivity index (χ4n) is 3.42. The molecule has 2 aromatic rings. The van der Waals surface area contributed by atoms with Gasteiger partial charge >= 0.3 is 0 Å². The van der Waals surface area contributed by atoms with Crippen molar-refractivity contribution in [2.75, 3.05) is 23.7 Å². The number of aromatic nitrogens is 2. The summed E-state index contributed by atoms with van der Waals surface area (Å²) in [7, 11) is 0. The molecular weight excluding hydrogens is 448 g/mol. The van der Waals surface area contributed by atoms with Gasteiger partial charge in [0, 0.05) is 38.2 Å². The van der Waals surface area contributed by atoms with Gasteiger partial charge in [-0.1, -0.05) is 18.2 Å². The maximum Gasteiger partial charge on any atom is 0.225 e. The van der Waals surface area contributed by atoms with Gasteiger partial charge in [-0.05, 0) is 36.1 Å². The molecular formula is C23H30N10O2. The molecule has 2 amide bonds. The number of amides is 2. The van der Waals surface area contributed by atoms with Gasteiger partial charge in [0.15, 0.2) is 17.7 Å². The molecule has 0 aliphatic carbocycles. The first kappa shape index (κ1) is 25.1. The number of carbonyl (C=O) groups excluding carboxylic acids is 2. The molecule has 35 heavy (non-hydrogen) atoms. The molecule has 1 aromatic carbocycles. The fraction of sp³-hybridized carbons (Fsp3) is 0.304. The van der Waals surface area contributed by atoms with E-state index in [2.05, 4.69) is 25.9 Å². The topological polar surface area (TPSA) is 199 Å². The minimum atomic E-state index is -0.240. The van der Waals surface area contributed by atoms with Crippen LogP contribution in [0.4, 0.5) is 11.5 Å². The molecule has 0 fully saturated rings. The van der Waals surface area contributed by atoms with Crippen molar-refractivity contribution < 1.29 is 9.59 Å². The van der Waals surface area contributed by atoms with Crippen molar-refractivity contribution in [3.63, 3.8) is 0 Å². The largest absolute Gasteiger partial charge is 0.370 e. The van der Waals surface area contributed by atoms with Gasteiger partial charge in [0.1, 0.15) is 0 Å². The second-order valence-corrected chi connectivity index (χ2v) is 8.01. The van der Waals surface area contributed by atoms with Gasteiger partial charge in [-0.15, -0.1) is 0 Å². The molecule has 0 bridgehead atoms. The van der Waals surface area contributed by atoms with Crippen LogP contribution in [0.3, 0.4) is 0 Å². The van der Waals surface area contributed by atoms with E-state index in [1.165, 1.54) is 6.20 Å². The summed E-state index contributed by atoms with van der Waals surface area (Å²) in [6, 6.07) is 7.20. The molecule has 0 radical (unpaired) electrons. The maximum absolute atomic E-state index is 12.2. The first-order valence-electron chi connectivity index (χ1n) is 11.2. The minimum absolute atomic E-state index is 0.0517. The summed E-state index contributed by atoms with van der Waals surface area (Å²) >= 11 is 0. The standard InChI is InChI=1S/C23H30N10O2/c24-22(25)30-12-15-4-6-17(7-5-15)31-20(34)2-1-3-21(35)32-19-14-28-18(13-29-19)16-8-10-33(11-9-16)23(26)27/h4-8,13-14H,1-3,9-12H2,(H3,26,27)(H,31,34)(H4,24,25,30)(H,29,32,35). The normalized spacial score (nSPS) is 12.9. The van der Waals surface area contributed by atoms with Crippen LogP contribution in [0.5, 0.6) is 0 Å². The number of carbonyl (C=O) groups is 2. The third-order valence-electron chi connectivity index (χ3n) is 5.33. The molecule has 3 rings (SSSR count). The Morgan fingerprint density at radius 2 is 1.71 bits per heavy atom. The molecule has 1 aromatic heterocycles. The van der Waals surface area contributed by atoms with Crippen molar-refractivity contribution in [3.8, 4) is 0 Å².